The Hall–Kier alpha value is -3.48. The van der Waals surface area contributed by atoms with E-state index in [4.69, 9.17) is 9.26 Å². The number of ether oxygens (including phenoxy) is 1. The molecule has 0 aliphatic carbocycles. The SMILES string of the molecule is CCc1noc(C2CC(=O)N3C[C@H](OC(C)c4cc(C(F)(F)F)cc(C(F)(F)F)c4)C(c4ccc(F)cc4)C3C2)n1. The third kappa shape index (κ3) is 5.95. The van der Waals surface area contributed by atoms with Crippen LogP contribution in [0, 0.1) is 5.82 Å². The van der Waals surface area contributed by atoms with Gasteiger partial charge in [0.15, 0.2) is 5.82 Å². The minimum absolute atomic E-state index is 0.0533. The monoisotopic (exact) mass is 585 g/mol. The third-order valence-corrected chi connectivity index (χ3v) is 7.72. The van der Waals surface area contributed by atoms with Crippen molar-refractivity contribution in [2.24, 2.45) is 0 Å². The molecule has 2 fully saturated rings. The number of amides is 1. The average molecular weight is 586 g/mol. The van der Waals surface area contributed by atoms with Crippen LogP contribution >= 0.6 is 0 Å². The van der Waals surface area contributed by atoms with Crippen LogP contribution in [0.2, 0.25) is 0 Å². The second-order valence-electron chi connectivity index (χ2n) is 10.4. The maximum Gasteiger partial charge on any atom is 0.416 e. The van der Waals surface area contributed by atoms with Crippen LogP contribution < -0.4 is 0 Å². The molecule has 3 heterocycles. The van der Waals surface area contributed by atoms with Crippen LogP contribution in [0.4, 0.5) is 30.7 Å². The van der Waals surface area contributed by atoms with E-state index in [9.17, 15) is 35.5 Å². The first-order valence-electron chi connectivity index (χ1n) is 13.1. The first kappa shape index (κ1) is 29.0. The molecule has 1 aromatic heterocycles. The zero-order valence-corrected chi connectivity index (χ0v) is 22.0. The van der Waals surface area contributed by atoms with Gasteiger partial charge in [-0.05, 0) is 54.8 Å². The number of carbonyl (C=O) groups excluding carboxylic acids is 1. The highest BCUT2D eigenvalue weighted by molar-refractivity contribution is 5.79. The number of carbonyl (C=O) groups is 1. The summed E-state index contributed by atoms with van der Waals surface area (Å²) < 4.78 is 106. The van der Waals surface area contributed by atoms with E-state index in [0.29, 0.717) is 42.3 Å². The quantitative estimate of drug-likeness (QED) is 0.297. The lowest BCUT2D eigenvalue weighted by atomic mass is 9.81. The number of piperidine rings is 1. The van der Waals surface area contributed by atoms with Gasteiger partial charge in [-0.1, -0.05) is 24.2 Å². The average Bonchev–Trinajstić information content (AvgIpc) is 3.53. The number of aromatic nitrogens is 2. The Kier molecular flexibility index (Phi) is 7.60. The minimum Gasteiger partial charge on any atom is -0.368 e. The summed E-state index contributed by atoms with van der Waals surface area (Å²) in [5.74, 6) is -0.861. The normalized spacial score (nSPS) is 24.0. The molecule has 0 radical (unpaired) electrons. The van der Waals surface area contributed by atoms with Crippen molar-refractivity contribution in [2.75, 3.05) is 6.54 Å². The van der Waals surface area contributed by atoms with Crippen molar-refractivity contribution in [3.05, 3.63) is 82.3 Å². The lowest BCUT2D eigenvalue weighted by Gasteiger charge is -2.35. The molecule has 13 heteroatoms. The molecule has 2 aliphatic heterocycles. The van der Waals surface area contributed by atoms with E-state index >= 15 is 0 Å². The van der Waals surface area contributed by atoms with Crippen molar-refractivity contribution in [3.63, 3.8) is 0 Å². The second kappa shape index (κ2) is 10.7. The summed E-state index contributed by atoms with van der Waals surface area (Å²) in [6.07, 6.45) is -11.0. The molecule has 5 rings (SSSR count). The van der Waals surface area contributed by atoms with E-state index in [1.807, 2.05) is 6.92 Å². The zero-order chi connectivity index (χ0) is 29.7. The molecule has 220 valence electrons. The van der Waals surface area contributed by atoms with E-state index < -0.39 is 59.4 Å². The van der Waals surface area contributed by atoms with Crippen molar-refractivity contribution in [1.29, 1.82) is 0 Å². The maximum atomic E-state index is 13.8. The Morgan fingerprint density at radius 3 is 2.24 bits per heavy atom. The molecule has 4 unspecified atom stereocenters. The van der Waals surface area contributed by atoms with E-state index in [0.717, 1.165) is 0 Å². The summed E-state index contributed by atoms with van der Waals surface area (Å²) >= 11 is 0. The van der Waals surface area contributed by atoms with Crippen LogP contribution in [0.1, 0.15) is 78.6 Å². The number of rotatable bonds is 6. The molecule has 6 nitrogen and oxygen atoms in total. The van der Waals surface area contributed by atoms with E-state index in [2.05, 4.69) is 10.1 Å². The topological polar surface area (TPSA) is 68.5 Å². The number of hydrogen-bond donors (Lipinski definition) is 0. The van der Waals surface area contributed by atoms with Crippen LogP contribution in [0.15, 0.2) is 47.0 Å². The van der Waals surface area contributed by atoms with Gasteiger partial charge in [-0.2, -0.15) is 31.3 Å². The van der Waals surface area contributed by atoms with Crippen molar-refractivity contribution in [3.8, 4) is 0 Å². The van der Waals surface area contributed by atoms with E-state index in [-0.39, 0.29) is 30.5 Å². The largest absolute Gasteiger partial charge is 0.416 e. The first-order chi connectivity index (χ1) is 19.2. The van der Waals surface area contributed by atoms with Crippen LogP contribution in [0.25, 0.3) is 0 Å². The fraction of sp³-hybridized carbons (Fsp3) is 0.464. The van der Waals surface area contributed by atoms with Crippen LogP contribution in [-0.4, -0.2) is 39.6 Å². The number of aryl methyl sites for hydroxylation is 1. The predicted octanol–water partition coefficient (Wildman–Crippen LogP) is 6.83. The number of alkyl halides is 6. The molecule has 41 heavy (non-hydrogen) atoms. The number of halogens is 7. The summed E-state index contributed by atoms with van der Waals surface area (Å²) in [7, 11) is 0. The minimum atomic E-state index is -5.01. The molecule has 2 aromatic carbocycles. The van der Waals surface area contributed by atoms with Gasteiger partial charge in [-0.3, -0.25) is 4.79 Å². The Morgan fingerprint density at radius 2 is 1.68 bits per heavy atom. The first-order valence-corrected chi connectivity index (χ1v) is 13.1. The molecule has 0 saturated carbocycles. The maximum absolute atomic E-state index is 13.8. The molecule has 2 saturated heterocycles. The van der Waals surface area contributed by atoms with Gasteiger partial charge in [0.25, 0.3) is 0 Å². The molecule has 5 atom stereocenters. The highest BCUT2D eigenvalue weighted by atomic mass is 19.4. The number of nitrogens with zero attached hydrogens (tertiary/aromatic N) is 3. The van der Waals surface area contributed by atoms with Gasteiger partial charge >= 0.3 is 12.4 Å². The molecule has 3 aromatic rings. The fourth-order valence-corrected chi connectivity index (χ4v) is 5.72. The predicted molar refractivity (Wildman–Crippen MR) is 130 cm³/mol. The van der Waals surface area contributed by atoms with Crippen molar-refractivity contribution in [2.45, 2.75) is 75.5 Å². The Labute approximate surface area is 230 Å². The van der Waals surface area contributed by atoms with Crippen LogP contribution in [0.5, 0.6) is 0 Å². The van der Waals surface area contributed by atoms with Gasteiger partial charge in [0, 0.05) is 37.3 Å². The summed E-state index contributed by atoms with van der Waals surface area (Å²) in [6.45, 7) is 3.27. The van der Waals surface area contributed by atoms with Gasteiger partial charge < -0.3 is 14.2 Å². The smallest absolute Gasteiger partial charge is 0.368 e. The summed E-state index contributed by atoms with van der Waals surface area (Å²) in [4.78, 5) is 19.2. The lowest BCUT2D eigenvalue weighted by Crippen LogP contribution is -2.43. The van der Waals surface area contributed by atoms with Crippen molar-refractivity contribution in [1.82, 2.24) is 15.0 Å². The molecule has 2 aliphatic rings. The molecule has 0 spiro atoms. The molecule has 0 bridgehead atoms. The Balaban J connectivity index is 1.48. The zero-order valence-electron chi connectivity index (χ0n) is 22.0. The van der Waals surface area contributed by atoms with Crippen LogP contribution in [-0.2, 0) is 28.3 Å². The second-order valence-corrected chi connectivity index (χ2v) is 10.4. The van der Waals surface area contributed by atoms with Gasteiger partial charge in [0.2, 0.25) is 11.8 Å². The summed E-state index contributed by atoms with van der Waals surface area (Å²) in [6, 6.07) is 6.43. The highest BCUT2D eigenvalue weighted by Crippen LogP contribution is 2.46. The Bertz CT molecular complexity index is 1370. The van der Waals surface area contributed by atoms with Crippen molar-refractivity contribution < 1.29 is 44.8 Å². The third-order valence-electron chi connectivity index (χ3n) is 7.72. The fourth-order valence-electron chi connectivity index (χ4n) is 5.72. The van der Waals surface area contributed by atoms with Gasteiger partial charge in [-0.15, -0.1) is 0 Å². The van der Waals surface area contributed by atoms with E-state index in [1.165, 1.54) is 31.2 Å². The molecule has 1 amide bonds. The van der Waals surface area contributed by atoms with Gasteiger partial charge in [0.1, 0.15) is 5.82 Å². The van der Waals surface area contributed by atoms with Gasteiger partial charge in [0.05, 0.1) is 23.3 Å². The van der Waals surface area contributed by atoms with Crippen LogP contribution in [0.3, 0.4) is 0 Å². The van der Waals surface area contributed by atoms with E-state index in [1.54, 1.807) is 4.90 Å². The highest BCUT2D eigenvalue weighted by Gasteiger charge is 2.50. The van der Waals surface area contributed by atoms with Crippen molar-refractivity contribution >= 4 is 5.91 Å². The Morgan fingerprint density at radius 1 is 1.05 bits per heavy atom. The summed E-state index contributed by atoms with van der Waals surface area (Å²) in [5.41, 5.74) is -2.58. The number of hydrogen-bond acceptors (Lipinski definition) is 5. The molecule has 0 N–H and O–H groups in total. The van der Waals surface area contributed by atoms with Gasteiger partial charge in [-0.25, -0.2) is 4.39 Å². The number of benzene rings is 2. The molecular weight excluding hydrogens is 559 g/mol. The molecular formula is C28H26F7N3O3. The standard InChI is InChI=1S/C28H26F7N3O3/c1-3-23-36-26(41-37-23)17-10-21-25(15-4-6-20(29)7-5-15)22(13-38(21)24(39)11-17)40-14(2)16-8-18(27(30,31)32)12-19(9-16)28(33,34)35/h4-9,12,14,17,21-22,25H,3,10-11,13H2,1-2H3/t14?,17?,21?,22-,25?/m0/s1. The lowest BCUT2D eigenvalue weighted by molar-refractivity contribution is -0.143. The summed E-state index contributed by atoms with van der Waals surface area (Å²) in [5, 5.41) is 3.91. The number of fused-ring (bicyclic) bond motifs is 1.